The first-order valence-corrected chi connectivity index (χ1v) is 5.78. The predicted molar refractivity (Wildman–Crippen MR) is 56.1 cm³/mol. The van der Waals surface area contributed by atoms with Crippen molar-refractivity contribution in [3.63, 3.8) is 0 Å². The Balaban J connectivity index is 2.59. The van der Waals surface area contributed by atoms with Gasteiger partial charge in [-0.1, -0.05) is 13.3 Å². The van der Waals surface area contributed by atoms with E-state index in [1.54, 1.807) is 0 Å². The van der Waals surface area contributed by atoms with Gasteiger partial charge in [0.05, 0.1) is 12.6 Å². The minimum Gasteiger partial charge on any atom is -0.393 e. The van der Waals surface area contributed by atoms with Gasteiger partial charge in [-0.15, -0.1) is 0 Å². The van der Waals surface area contributed by atoms with Crippen LogP contribution in [0.3, 0.4) is 0 Å². The summed E-state index contributed by atoms with van der Waals surface area (Å²) >= 11 is 0. The normalized spacial score (nSPS) is 32.1. The van der Waals surface area contributed by atoms with E-state index in [1.807, 2.05) is 6.92 Å². The third-order valence-electron chi connectivity index (χ3n) is 3.45. The summed E-state index contributed by atoms with van der Waals surface area (Å²) in [5.74, 6) is 0.274. The van der Waals surface area contributed by atoms with Crippen molar-refractivity contribution in [1.29, 1.82) is 0 Å². The second-order valence-corrected chi connectivity index (χ2v) is 4.73. The van der Waals surface area contributed by atoms with Crippen LogP contribution in [0.1, 0.15) is 32.6 Å². The van der Waals surface area contributed by atoms with Crippen LogP contribution in [0.15, 0.2) is 0 Å². The van der Waals surface area contributed by atoms with E-state index >= 15 is 0 Å². The lowest BCUT2D eigenvalue weighted by Gasteiger charge is -2.39. The second kappa shape index (κ2) is 5.36. The highest BCUT2D eigenvalue weighted by atomic mass is 19.4. The predicted octanol–water partition coefficient (Wildman–Crippen LogP) is 2.42. The van der Waals surface area contributed by atoms with Gasteiger partial charge in [-0.25, -0.2) is 0 Å². The molecule has 0 bridgehead atoms. The SMILES string of the molecule is CCC1CCC(O)CC1N(C)CC(F)(F)F. The van der Waals surface area contributed by atoms with E-state index in [0.717, 1.165) is 19.3 Å². The van der Waals surface area contributed by atoms with Crippen LogP contribution in [0.25, 0.3) is 0 Å². The Morgan fingerprint density at radius 3 is 2.44 bits per heavy atom. The van der Waals surface area contributed by atoms with Crippen LogP contribution >= 0.6 is 0 Å². The van der Waals surface area contributed by atoms with E-state index in [2.05, 4.69) is 0 Å². The second-order valence-electron chi connectivity index (χ2n) is 4.73. The Bertz CT molecular complexity index is 220. The number of aliphatic hydroxyl groups excluding tert-OH is 1. The monoisotopic (exact) mass is 239 g/mol. The van der Waals surface area contributed by atoms with Crippen LogP contribution in [0, 0.1) is 5.92 Å². The zero-order valence-electron chi connectivity index (χ0n) is 9.80. The molecule has 0 aromatic carbocycles. The van der Waals surface area contributed by atoms with Gasteiger partial charge >= 0.3 is 6.18 Å². The quantitative estimate of drug-likeness (QED) is 0.817. The fourth-order valence-electron chi connectivity index (χ4n) is 2.60. The third kappa shape index (κ3) is 3.94. The first-order chi connectivity index (χ1) is 7.33. The molecule has 16 heavy (non-hydrogen) atoms. The molecule has 0 aliphatic heterocycles. The van der Waals surface area contributed by atoms with Gasteiger partial charge in [0.1, 0.15) is 0 Å². The first-order valence-electron chi connectivity index (χ1n) is 5.78. The smallest absolute Gasteiger partial charge is 0.393 e. The zero-order valence-corrected chi connectivity index (χ0v) is 9.80. The maximum absolute atomic E-state index is 12.3. The molecule has 1 N–H and O–H groups in total. The number of aliphatic hydroxyl groups is 1. The summed E-state index contributed by atoms with van der Waals surface area (Å²) in [7, 11) is 1.50. The van der Waals surface area contributed by atoms with Gasteiger partial charge in [-0.05, 0) is 32.2 Å². The lowest BCUT2D eigenvalue weighted by Crippen LogP contribution is -2.47. The number of rotatable bonds is 3. The van der Waals surface area contributed by atoms with E-state index in [0.29, 0.717) is 6.42 Å². The summed E-state index contributed by atoms with van der Waals surface area (Å²) in [4.78, 5) is 1.34. The first kappa shape index (κ1) is 13.8. The Morgan fingerprint density at radius 1 is 1.31 bits per heavy atom. The molecule has 0 spiro atoms. The highest BCUT2D eigenvalue weighted by Crippen LogP contribution is 2.31. The fraction of sp³-hybridized carbons (Fsp3) is 1.00. The molecule has 0 heterocycles. The topological polar surface area (TPSA) is 23.5 Å². The molecule has 3 atom stereocenters. The van der Waals surface area contributed by atoms with Gasteiger partial charge in [0.15, 0.2) is 0 Å². The average molecular weight is 239 g/mol. The zero-order chi connectivity index (χ0) is 12.3. The molecule has 1 rings (SSSR count). The van der Waals surface area contributed by atoms with E-state index in [9.17, 15) is 18.3 Å². The van der Waals surface area contributed by atoms with Crippen molar-refractivity contribution in [3.8, 4) is 0 Å². The van der Waals surface area contributed by atoms with Crippen molar-refractivity contribution >= 4 is 0 Å². The summed E-state index contributed by atoms with van der Waals surface area (Å²) in [6, 6.07) is -0.143. The lowest BCUT2D eigenvalue weighted by atomic mass is 9.80. The molecule has 0 aromatic rings. The molecule has 2 nitrogen and oxygen atoms in total. The van der Waals surface area contributed by atoms with E-state index in [-0.39, 0.29) is 12.0 Å². The molecule has 0 saturated heterocycles. The molecule has 1 aliphatic rings. The molecule has 0 amide bonds. The van der Waals surface area contributed by atoms with Crippen LogP contribution in [-0.4, -0.2) is 41.9 Å². The van der Waals surface area contributed by atoms with Gasteiger partial charge in [0, 0.05) is 6.04 Å². The van der Waals surface area contributed by atoms with Crippen LogP contribution in [-0.2, 0) is 0 Å². The maximum atomic E-state index is 12.3. The number of hydrogen-bond acceptors (Lipinski definition) is 2. The summed E-state index contributed by atoms with van der Waals surface area (Å²) in [5.41, 5.74) is 0. The summed E-state index contributed by atoms with van der Waals surface area (Å²) in [6.45, 7) is 1.11. The third-order valence-corrected chi connectivity index (χ3v) is 3.45. The van der Waals surface area contributed by atoms with Crippen molar-refractivity contribution in [2.45, 2.75) is 50.9 Å². The Kier molecular flexibility index (Phi) is 4.62. The molecule has 0 radical (unpaired) electrons. The van der Waals surface area contributed by atoms with Crippen LogP contribution in [0.4, 0.5) is 13.2 Å². The molecule has 1 saturated carbocycles. The van der Waals surface area contributed by atoms with Crippen molar-refractivity contribution in [2.24, 2.45) is 5.92 Å². The van der Waals surface area contributed by atoms with E-state index in [1.165, 1.54) is 11.9 Å². The molecular formula is C11H20F3NO. The highest BCUT2D eigenvalue weighted by molar-refractivity contribution is 4.85. The van der Waals surface area contributed by atoms with Crippen LogP contribution in [0.2, 0.25) is 0 Å². The van der Waals surface area contributed by atoms with Gasteiger partial charge < -0.3 is 5.11 Å². The molecule has 0 aromatic heterocycles. The Hall–Kier alpha value is -0.290. The molecule has 1 fully saturated rings. The summed E-state index contributed by atoms with van der Waals surface area (Å²) < 4.78 is 36.9. The fourth-order valence-corrected chi connectivity index (χ4v) is 2.60. The van der Waals surface area contributed by atoms with Gasteiger partial charge in [0.2, 0.25) is 0 Å². The highest BCUT2D eigenvalue weighted by Gasteiger charge is 2.37. The summed E-state index contributed by atoms with van der Waals surface area (Å²) in [5, 5.41) is 9.53. The van der Waals surface area contributed by atoms with Crippen molar-refractivity contribution < 1.29 is 18.3 Å². The van der Waals surface area contributed by atoms with Crippen LogP contribution in [0.5, 0.6) is 0 Å². The molecule has 5 heteroatoms. The van der Waals surface area contributed by atoms with Crippen molar-refractivity contribution in [3.05, 3.63) is 0 Å². The van der Waals surface area contributed by atoms with E-state index in [4.69, 9.17) is 0 Å². The van der Waals surface area contributed by atoms with E-state index < -0.39 is 18.8 Å². The maximum Gasteiger partial charge on any atom is 0.401 e. The van der Waals surface area contributed by atoms with Gasteiger partial charge in [0.25, 0.3) is 0 Å². The average Bonchev–Trinajstić information content (AvgIpc) is 2.15. The number of hydrogen-bond donors (Lipinski definition) is 1. The standard InChI is InChI=1S/C11H20F3NO/c1-3-8-4-5-9(16)6-10(8)15(2)7-11(12,13)14/h8-10,16H,3-7H2,1-2H3. The lowest BCUT2D eigenvalue weighted by molar-refractivity contribution is -0.153. The Morgan fingerprint density at radius 2 is 1.94 bits per heavy atom. The number of alkyl halides is 3. The largest absolute Gasteiger partial charge is 0.401 e. The van der Waals surface area contributed by atoms with Crippen LogP contribution < -0.4 is 0 Å². The van der Waals surface area contributed by atoms with Crippen molar-refractivity contribution in [1.82, 2.24) is 4.90 Å². The number of halogens is 3. The molecular weight excluding hydrogens is 219 g/mol. The van der Waals surface area contributed by atoms with Gasteiger partial charge in [-0.2, -0.15) is 13.2 Å². The minimum absolute atomic E-state index is 0.143. The van der Waals surface area contributed by atoms with Crippen molar-refractivity contribution in [2.75, 3.05) is 13.6 Å². The molecule has 1 aliphatic carbocycles. The van der Waals surface area contributed by atoms with Gasteiger partial charge in [-0.3, -0.25) is 4.90 Å². The summed E-state index contributed by atoms with van der Waals surface area (Å²) in [6.07, 6.45) is -1.72. The molecule has 96 valence electrons. The number of nitrogens with zero attached hydrogens (tertiary/aromatic N) is 1. The molecule has 3 unspecified atom stereocenters. The minimum atomic E-state index is -4.16. The Labute approximate surface area is 94.4 Å².